The molecular formula is C18H14ClFN2O2. The van der Waals surface area contributed by atoms with Crippen molar-refractivity contribution in [3.8, 4) is 0 Å². The monoisotopic (exact) mass is 344 g/mol. The van der Waals surface area contributed by atoms with E-state index in [0.717, 1.165) is 5.56 Å². The van der Waals surface area contributed by atoms with Crippen molar-refractivity contribution in [3.05, 3.63) is 70.6 Å². The third-order valence-electron chi connectivity index (χ3n) is 4.27. The lowest BCUT2D eigenvalue weighted by Gasteiger charge is -2.42. The molecule has 2 aromatic carbocycles. The van der Waals surface area contributed by atoms with Crippen molar-refractivity contribution in [2.24, 2.45) is 0 Å². The first-order valence-corrected chi connectivity index (χ1v) is 7.89. The number of nitrogens with one attached hydrogen (secondary N) is 2. The fourth-order valence-corrected chi connectivity index (χ4v) is 3.16. The lowest BCUT2D eigenvalue weighted by molar-refractivity contribution is -0.0734. The molecule has 2 heterocycles. The summed E-state index contributed by atoms with van der Waals surface area (Å²) in [5.74, 6) is -0.796. The van der Waals surface area contributed by atoms with Gasteiger partial charge >= 0.3 is 0 Å². The molecule has 1 fully saturated rings. The smallest absolute Gasteiger partial charge is 0.268 e. The van der Waals surface area contributed by atoms with Crippen LogP contribution in [-0.4, -0.2) is 24.1 Å². The van der Waals surface area contributed by atoms with Crippen molar-refractivity contribution < 1.29 is 13.9 Å². The van der Waals surface area contributed by atoms with E-state index in [4.69, 9.17) is 16.3 Å². The summed E-state index contributed by atoms with van der Waals surface area (Å²) < 4.78 is 19.3. The predicted molar refractivity (Wildman–Crippen MR) is 89.7 cm³/mol. The average Bonchev–Trinajstić information content (AvgIpc) is 2.96. The molecule has 6 heteroatoms. The molecule has 0 radical (unpaired) electrons. The highest BCUT2D eigenvalue weighted by molar-refractivity contribution is 6.31. The molecule has 122 valence electrons. The van der Waals surface area contributed by atoms with Crippen LogP contribution in [0.2, 0.25) is 5.02 Å². The Balaban J connectivity index is 1.66. The van der Waals surface area contributed by atoms with Crippen LogP contribution in [0.15, 0.2) is 48.5 Å². The Hall–Kier alpha value is -2.37. The highest BCUT2D eigenvalue weighted by atomic mass is 35.5. The fourth-order valence-electron chi connectivity index (χ4n) is 2.95. The summed E-state index contributed by atoms with van der Waals surface area (Å²) >= 11 is 5.86. The van der Waals surface area contributed by atoms with Gasteiger partial charge < -0.3 is 15.0 Å². The van der Waals surface area contributed by atoms with Gasteiger partial charge in [-0.05, 0) is 23.8 Å². The number of carbonyl (C=O) groups excluding carboxylic acids is 1. The van der Waals surface area contributed by atoms with Crippen molar-refractivity contribution in [2.45, 2.75) is 5.54 Å². The maximum Gasteiger partial charge on any atom is 0.268 e. The van der Waals surface area contributed by atoms with Gasteiger partial charge in [0.25, 0.3) is 5.91 Å². The zero-order valence-corrected chi connectivity index (χ0v) is 13.4. The molecule has 0 atom stereocenters. The molecule has 0 aliphatic carbocycles. The van der Waals surface area contributed by atoms with E-state index in [2.05, 4.69) is 10.3 Å². The van der Waals surface area contributed by atoms with E-state index < -0.39 is 11.4 Å². The Morgan fingerprint density at radius 2 is 1.96 bits per heavy atom. The molecule has 1 saturated heterocycles. The van der Waals surface area contributed by atoms with Gasteiger partial charge in [0.05, 0.1) is 18.7 Å². The minimum Gasteiger partial charge on any atom is -0.376 e. The van der Waals surface area contributed by atoms with Crippen LogP contribution in [0.3, 0.4) is 0 Å². The minimum atomic E-state index is -0.550. The van der Waals surface area contributed by atoms with Crippen molar-refractivity contribution in [3.63, 3.8) is 0 Å². The molecular weight excluding hydrogens is 331 g/mol. The van der Waals surface area contributed by atoms with Gasteiger partial charge in [-0.1, -0.05) is 41.9 Å². The Bertz CT molecular complexity index is 919. The van der Waals surface area contributed by atoms with Crippen molar-refractivity contribution in [1.82, 2.24) is 10.3 Å². The minimum absolute atomic E-state index is 0.267. The van der Waals surface area contributed by atoms with Gasteiger partial charge in [-0.2, -0.15) is 0 Å². The van der Waals surface area contributed by atoms with E-state index in [-0.39, 0.29) is 17.1 Å². The van der Waals surface area contributed by atoms with Crippen LogP contribution in [0.4, 0.5) is 4.39 Å². The quantitative estimate of drug-likeness (QED) is 0.762. The first-order chi connectivity index (χ1) is 11.6. The molecule has 1 amide bonds. The number of aromatic amines is 1. The summed E-state index contributed by atoms with van der Waals surface area (Å²) in [6.07, 6.45) is 0. The second-order valence-corrected chi connectivity index (χ2v) is 6.37. The number of amides is 1. The van der Waals surface area contributed by atoms with Crippen molar-refractivity contribution in [2.75, 3.05) is 13.2 Å². The fraction of sp³-hybridized carbons (Fsp3) is 0.167. The van der Waals surface area contributed by atoms with Gasteiger partial charge in [-0.25, -0.2) is 4.39 Å². The van der Waals surface area contributed by atoms with Gasteiger partial charge in [0, 0.05) is 10.4 Å². The molecule has 1 aliphatic rings. The topological polar surface area (TPSA) is 54.1 Å². The average molecular weight is 345 g/mol. The Morgan fingerprint density at radius 1 is 1.21 bits per heavy atom. The molecule has 4 rings (SSSR count). The number of rotatable bonds is 3. The molecule has 0 spiro atoms. The molecule has 3 aromatic rings. The number of carbonyl (C=O) groups is 1. The van der Waals surface area contributed by atoms with Gasteiger partial charge in [-0.15, -0.1) is 0 Å². The van der Waals surface area contributed by atoms with Crippen LogP contribution in [0.1, 0.15) is 16.1 Å². The van der Waals surface area contributed by atoms with E-state index in [1.807, 2.05) is 30.3 Å². The molecule has 1 aliphatic heterocycles. The predicted octanol–water partition coefficient (Wildman–Crippen LogP) is 3.62. The highest BCUT2D eigenvalue weighted by Gasteiger charge is 2.42. The number of hydrogen-bond donors (Lipinski definition) is 2. The zero-order valence-electron chi connectivity index (χ0n) is 12.6. The molecule has 0 bridgehead atoms. The Morgan fingerprint density at radius 3 is 2.62 bits per heavy atom. The standard InChI is InChI=1S/C18H14ClFN2O2/c19-13-6-11-7-15(21-16(11)14(20)8-13)17(23)22-18(9-24-10-18)12-4-2-1-3-5-12/h1-8,21H,9-10H2,(H,22,23). The second-order valence-electron chi connectivity index (χ2n) is 5.93. The number of halogens is 2. The maximum atomic E-state index is 13.9. The summed E-state index contributed by atoms with van der Waals surface area (Å²) in [4.78, 5) is 15.5. The van der Waals surface area contributed by atoms with Gasteiger partial charge in [0.2, 0.25) is 0 Å². The molecule has 0 unspecified atom stereocenters. The van der Waals surface area contributed by atoms with E-state index in [9.17, 15) is 9.18 Å². The van der Waals surface area contributed by atoms with Crippen LogP contribution in [0.25, 0.3) is 10.9 Å². The van der Waals surface area contributed by atoms with E-state index in [1.54, 1.807) is 12.1 Å². The third kappa shape index (κ3) is 2.46. The molecule has 1 aromatic heterocycles. The van der Waals surface area contributed by atoms with Gasteiger partial charge in [-0.3, -0.25) is 4.79 Å². The first kappa shape index (κ1) is 15.2. The zero-order chi connectivity index (χ0) is 16.7. The summed E-state index contributed by atoms with van der Waals surface area (Å²) in [6, 6.07) is 14.1. The number of aromatic nitrogens is 1. The second kappa shape index (κ2) is 5.61. The lowest BCUT2D eigenvalue weighted by Crippen LogP contribution is -2.59. The lowest BCUT2D eigenvalue weighted by atomic mass is 9.88. The van der Waals surface area contributed by atoms with Crippen LogP contribution in [0.5, 0.6) is 0 Å². The molecule has 2 N–H and O–H groups in total. The SMILES string of the molecule is O=C(NC1(c2ccccc2)COC1)c1cc2cc(Cl)cc(F)c2[nH]1. The Labute approximate surface area is 142 Å². The summed E-state index contributed by atoms with van der Waals surface area (Å²) in [5, 5.41) is 3.86. The van der Waals surface area contributed by atoms with Crippen molar-refractivity contribution in [1.29, 1.82) is 0 Å². The van der Waals surface area contributed by atoms with E-state index in [0.29, 0.717) is 23.6 Å². The number of H-pyrrole nitrogens is 1. The Kier molecular flexibility index (Phi) is 3.55. The molecule has 0 saturated carbocycles. The van der Waals surface area contributed by atoms with Crippen LogP contribution >= 0.6 is 11.6 Å². The van der Waals surface area contributed by atoms with Gasteiger partial charge in [0.15, 0.2) is 0 Å². The number of benzene rings is 2. The van der Waals surface area contributed by atoms with Crippen molar-refractivity contribution >= 4 is 28.4 Å². The highest BCUT2D eigenvalue weighted by Crippen LogP contribution is 2.30. The molecule has 24 heavy (non-hydrogen) atoms. The number of fused-ring (bicyclic) bond motifs is 1. The first-order valence-electron chi connectivity index (χ1n) is 7.51. The van der Waals surface area contributed by atoms with Crippen LogP contribution < -0.4 is 5.32 Å². The normalized spacial score (nSPS) is 15.9. The largest absolute Gasteiger partial charge is 0.376 e. The summed E-state index contributed by atoms with van der Waals surface area (Å²) in [7, 11) is 0. The summed E-state index contributed by atoms with van der Waals surface area (Å²) in [5.41, 5.74) is 0.984. The van der Waals surface area contributed by atoms with E-state index >= 15 is 0 Å². The maximum absolute atomic E-state index is 13.9. The third-order valence-corrected chi connectivity index (χ3v) is 4.48. The summed E-state index contributed by atoms with van der Waals surface area (Å²) in [6.45, 7) is 0.812. The number of ether oxygens (including phenoxy) is 1. The molecule has 4 nitrogen and oxygen atoms in total. The van der Waals surface area contributed by atoms with Crippen LogP contribution in [-0.2, 0) is 10.3 Å². The van der Waals surface area contributed by atoms with Crippen LogP contribution in [0, 0.1) is 5.82 Å². The van der Waals surface area contributed by atoms with Gasteiger partial charge in [0.1, 0.15) is 17.1 Å². The van der Waals surface area contributed by atoms with E-state index in [1.165, 1.54) is 6.07 Å². The number of hydrogen-bond acceptors (Lipinski definition) is 2.